The average Bonchev–Trinajstić information content (AvgIpc) is 2.19. The summed E-state index contributed by atoms with van der Waals surface area (Å²) >= 11 is 0. The van der Waals surface area contributed by atoms with Crippen molar-refractivity contribution in [1.82, 2.24) is 0 Å². The fourth-order valence-corrected chi connectivity index (χ4v) is 1.62. The number of aliphatic hydroxyl groups is 2. The zero-order valence-electron chi connectivity index (χ0n) is 8.30. The molecular weight excluding hydrogens is 196 g/mol. The summed E-state index contributed by atoms with van der Waals surface area (Å²) in [7, 11) is 0. The van der Waals surface area contributed by atoms with Crippen LogP contribution in [0.1, 0.15) is 12.5 Å². The maximum Gasteiger partial charge on any atom is 0.346 e. The average molecular weight is 208 g/mol. The Kier molecular flexibility index (Phi) is 2.25. The van der Waals surface area contributed by atoms with Gasteiger partial charge in [-0.1, -0.05) is 18.2 Å². The normalized spacial score (nSPS) is 26.7. The first kappa shape index (κ1) is 10.1. The SMILES string of the molecule is CC(O)C1(O)Cc2ccccc2OC1=O. The van der Waals surface area contributed by atoms with E-state index in [0.717, 1.165) is 5.56 Å². The summed E-state index contributed by atoms with van der Waals surface area (Å²) in [5, 5.41) is 19.3. The van der Waals surface area contributed by atoms with Gasteiger partial charge in [0, 0.05) is 6.42 Å². The van der Waals surface area contributed by atoms with Crippen molar-refractivity contribution in [3.63, 3.8) is 0 Å². The van der Waals surface area contributed by atoms with Gasteiger partial charge in [0.1, 0.15) is 5.75 Å². The first-order valence-corrected chi connectivity index (χ1v) is 4.74. The molecule has 1 aliphatic rings. The van der Waals surface area contributed by atoms with Gasteiger partial charge in [0.15, 0.2) is 5.60 Å². The highest BCUT2D eigenvalue weighted by Gasteiger charge is 2.46. The molecule has 2 N–H and O–H groups in total. The van der Waals surface area contributed by atoms with Crippen molar-refractivity contribution in [2.24, 2.45) is 0 Å². The van der Waals surface area contributed by atoms with E-state index in [2.05, 4.69) is 0 Å². The third-order valence-corrected chi connectivity index (χ3v) is 2.68. The number of fused-ring (bicyclic) bond motifs is 1. The molecule has 0 saturated carbocycles. The number of benzene rings is 1. The van der Waals surface area contributed by atoms with Crippen molar-refractivity contribution in [2.75, 3.05) is 0 Å². The zero-order chi connectivity index (χ0) is 11.1. The molecule has 0 spiro atoms. The van der Waals surface area contributed by atoms with Crippen LogP contribution in [0.15, 0.2) is 24.3 Å². The predicted octanol–water partition coefficient (Wildman–Crippen LogP) is 0.260. The molecule has 15 heavy (non-hydrogen) atoms. The van der Waals surface area contributed by atoms with Crippen LogP contribution in [0.25, 0.3) is 0 Å². The van der Waals surface area contributed by atoms with E-state index in [-0.39, 0.29) is 6.42 Å². The van der Waals surface area contributed by atoms with Crippen LogP contribution < -0.4 is 4.74 Å². The summed E-state index contributed by atoms with van der Waals surface area (Å²) in [5.41, 5.74) is -1.10. The van der Waals surface area contributed by atoms with Gasteiger partial charge in [-0.25, -0.2) is 4.79 Å². The summed E-state index contributed by atoms with van der Waals surface area (Å²) < 4.78 is 4.96. The Hall–Kier alpha value is -1.39. The largest absolute Gasteiger partial charge is 0.424 e. The third kappa shape index (κ3) is 1.52. The Morgan fingerprint density at radius 3 is 2.80 bits per heavy atom. The summed E-state index contributed by atoms with van der Waals surface area (Å²) in [6.45, 7) is 1.37. The molecule has 0 bridgehead atoms. The quantitative estimate of drug-likeness (QED) is 0.513. The Bertz CT molecular complexity index is 399. The van der Waals surface area contributed by atoms with Gasteiger partial charge in [0.25, 0.3) is 0 Å². The molecule has 2 rings (SSSR count). The highest BCUT2D eigenvalue weighted by Crippen LogP contribution is 2.31. The molecule has 0 radical (unpaired) electrons. The van der Waals surface area contributed by atoms with Crippen LogP contribution in [-0.2, 0) is 11.2 Å². The van der Waals surface area contributed by atoms with Crippen LogP contribution >= 0.6 is 0 Å². The van der Waals surface area contributed by atoms with E-state index in [0.29, 0.717) is 5.75 Å². The minimum Gasteiger partial charge on any atom is -0.424 e. The number of carbonyl (C=O) groups excluding carboxylic acids is 1. The topological polar surface area (TPSA) is 66.8 Å². The maximum absolute atomic E-state index is 11.5. The van der Waals surface area contributed by atoms with Gasteiger partial charge in [0.05, 0.1) is 6.10 Å². The molecule has 0 fully saturated rings. The molecule has 1 aromatic carbocycles. The van der Waals surface area contributed by atoms with Crippen molar-refractivity contribution < 1.29 is 19.7 Å². The summed E-state index contributed by atoms with van der Waals surface area (Å²) in [4.78, 5) is 11.5. The molecular formula is C11H12O4. The lowest BCUT2D eigenvalue weighted by Crippen LogP contribution is -2.54. The second-order valence-electron chi connectivity index (χ2n) is 3.77. The number of ether oxygens (including phenoxy) is 1. The van der Waals surface area contributed by atoms with E-state index in [1.807, 2.05) is 0 Å². The monoisotopic (exact) mass is 208 g/mol. The van der Waals surface area contributed by atoms with Crippen LogP contribution in [0, 0.1) is 0 Å². The number of rotatable bonds is 1. The molecule has 0 aromatic heterocycles. The van der Waals surface area contributed by atoms with Gasteiger partial charge in [-0.2, -0.15) is 0 Å². The molecule has 80 valence electrons. The molecule has 0 amide bonds. The predicted molar refractivity (Wildman–Crippen MR) is 52.4 cm³/mol. The minimum absolute atomic E-state index is 0.0830. The Morgan fingerprint density at radius 1 is 1.47 bits per heavy atom. The molecule has 1 aromatic rings. The molecule has 2 unspecified atom stereocenters. The molecule has 4 heteroatoms. The van der Waals surface area contributed by atoms with Crippen molar-refractivity contribution in [3.8, 4) is 5.75 Å². The van der Waals surface area contributed by atoms with Gasteiger partial charge in [-0.15, -0.1) is 0 Å². The third-order valence-electron chi connectivity index (χ3n) is 2.68. The first-order valence-electron chi connectivity index (χ1n) is 4.74. The molecule has 0 aliphatic carbocycles. The highest BCUT2D eigenvalue weighted by molar-refractivity contribution is 5.84. The molecule has 1 heterocycles. The highest BCUT2D eigenvalue weighted by atomic mass is 16.6. The number of aliphatic hydroxyl groups excluding tert-OH is 1. The van der Waals surface area contributed by atoms with Gasteiger partial charge < -0.3 is 14.9 Å². The summed E-state index contributed by atoms with van der Waals surface area (Å²) in [6.07, 6.45) is -1.07. The Balaban J connectivity index is 2.42. The van der Waals surface area contributed by atoms with E-state index in [1.165, 1.54) is 6.92 Å². The maximum atomic E-state index is 11.5. The Morgan fingerprint density at radius 2 is 2.13 bits per heavy atom. The van der Waals surface area contributed by atoms with Crippen LogP contribution in [-0.4, -0.2) is 27.9 Å². The van der Waals surface area contributed by atoms with Crippen molar-refractivity contribution in [3.05, 3.63) is 29.8 Å². The number of hydrogen-bond acceptors (Lipinski definition) is 4. The van der Waals surface area contributed by atoms with Crippen molar-refractivity contribution >= 4 is 5.97 Å². The second kappa shape index (κ2) is 3.32. The van der Waals surface area contributed by atoms with Gasteiger partial charge in [0.2, 0.25) is 0 Å². The van der Waals surface area contributed by atoms with Gasteiger partial charge in [-0.05, 0) is 18.6 Å². The fourth-order valence-electron chi connectivity index (χ4n) is 1.62. The van der Waals surface area contributed by atoms with E-state index in [9.17, 15) is 15.0 Å². The number of hydrogen-bond donors (Lipinski definition) is 2. The first-order chi connectivity index (χ1) is 7.04. The summed E-state index contributed by atoms with van der Waals surface area (Å²) in [6, 6.07) is 6.96. The number of esters is 1. The Labute approximate surface area is 87.1 Å². The van der Waals surface area contributed by atoms with Gasteiger partial charge >= 0.3 is 5.97 Å². The smallest absolute Gasteiger partial charge is 0.346 e. The fraction of sp³-hybridized carbons (Fsp3) is 0.364. The lowest BCUT2D eigenvalue weighted by atomic mass is 9.87. The van der Waals surface area contributed by atoms with Crippen molar-refractivity contribution in [1.29, 1.82) is 0 Å². The van der Waals surface area contributed by atoms with E-state index >= 15 is 0 Å². The van der Waals surface area contributed by atoms with Crippen LogP contribution in [0.4, 0.5) is 0 Å². The molecule has 4 nitrogen and oxygen atoms in total. The number of carbonyl (C=O) groups is 1. The van der Waals surface area contributed by atoms with E-state index in [4.69, 9.17) is 4.74 Å². The van der Waals surface area contributed by atoms with E-state index in [1.54, 1.807) is 24.3 Å². The molecule has 2 atom stereocenters. The second-order valence-corrected chi connectivity index (χ2v) is 3.77. The molecule has 0 saturated heterocycles. The van der Waals surface area contributed by atoms with Crippen molar-refractivity contribution in [2.45, 2.75) is 25.0 Å². The van der Waals surface area contributed by atoms with E-state index < -0.39 is 17.7 Å². The standard InChI is InChI=1S/C11H12O4/c1-7(12)11(14)6-8-4-2-3-5-9(8)15-10(11)13/h2-5,7,12,14H,6H2,1H3. The number of para-hydroxylation sites is 1. The van der Waals surface area contributed by atoms with Crippen LogP contribution in [0.5, 0.6) is 5.75 Å². The zero-order valence-corrected chi connectivity index (χ0v) is 8.30. The van der Waals surface area contributed by atoms with Gasteiger partial charge in [-0.3, -0.25) is 0 Å². The summed E-state index contributed by atoms with van der Waals surface area (Å²) in [5.74, 6) is -0.343. The lowest BCUT2D eigenvalue weighted by molar-refractivity contribution is -0.169. The molecule has 1 aliphatic heterocycles. The lowest BCUT2D eigenvalue weighted by Gasteiger charge is -2.33. The minimum atomic E-state index is -1.83. The van der Waals surface area contributed by atoms with Crippen LogP contribution in [0.2, 0.25) is 0 Å². The van der Waals surface area contributed by atoms with Crippen LogP contribution in [0.3, 0.4) is 0 Å².